The van der Waals surface area contributed by atoms with E-state index in [0.717, 1.165) is 5.56 Å². The molecule has 0 bridgehead atoms. The van der Waals surface area contributed by atoms with Crippen LogP contribution in [-0.2, 0) is 11.2 Å². The van der Waals surface area contributed by atoms with Crippen molar-refractivity contribution >= 4 is 11.6 Å². The molecule has 0 unspecified atom stereocenters. The fraction of sp³-hybridized carbons (Fsp3) is 0.278. The number of alkyl halides is 2. The Balaban J connectivity index is 2.01. The molecule has 2 rings (SSSR count). The number of carbonyl (C=O) groups is 1. The Hall–Kier alpha value is -3.21. The van der Waals surface area contributed by atoms with Gasteiger partial charge < -0.3 is 15.0 Å². The molecule has 0 spiro atoms. The number of nitrogens with zero attached hydrogens (tertiary/aromatic N) is 1. The number of pyridine rings is 1. The second-order valence-corrected chi connectivity index (χ2v) is 5.62. The van der Waals surface area contributed by atoms with Crippen LogP contribution in [-0.4, -0.2) is 17.5 Å². The molecule has 1 amide bonds. The summed E-state index contributed by atoms with van der Waals surface area (Å²) in [6.07, 6.45) is 0.482. The molecule has 0 saturated carbocycles. The molecular weight excluding hydrogens is 344 g/mol. The Morgan fingerprint density at radius 1 is 1.31 bits per heavy atom. The zero-order chi connectivity index (χ0) is 19.3. The van der Waals surface area contributed by atoms with Gasteiger partial charge in [0, 0.05) is 17.8 Å². The van der Waals surface area contributed by atoms with Crippen molar-refractivity contribution in [1.29, 1.82) is 5.26 Å². The van der Waals surface area contributed by atoms with Crippen molar-refractivity contribution in [2.75, 3.05) is 5.32 Å². The molecule has 0 aliphatic carbocycles. The van der Waals surface area contributed by atoms with Crippen LogP contribution >= 0.6 is 0 Å². The van der Waals surface area contributed by atoms with Gasteiger partial charge in [0.1, 0.15) is 17.4 Å². The molecular formula is C18H17F2N3O3. The second-order valence-electron chi connectivity index (χ2n) is 5.62. The number of nitriles is 1. The first-order chi connectivity index (χ1) is 12.3. The number of nitrogens with one attached hydrogen (secondary N) is 2. The van der Waals surface area contributed by atoms with Gasteiger partial charge >= 0.3 is 6.61 Å². The van der Waals surface area contributed by atoms with Crippen molar-refractivity contribution in [2.45, 2.75) is 33.3 Å². The number of H-pyrrole nitrogens is 1. The lowest BCUT2D eigenvalue weighted by Gasteiger charge is -2.11. The molecule has 0 saturated heterocycles. The first-order valence-corrected chi connectivity index (χ1v) is 7.79. The average Bonchev–Trinajstić information content (AvgIpc) is 2.56. The van der Waals surface area contributed by atoms with E-state index in [2.05, 4.69) is 15.0 Å². The average molecular weight is 361 g/mol. The minimum atomic E-state index is -2.91. The molecule has 136 valence electrons. The van der Waals surface area contributed by atoms with Crippen LogP contribution in [0.3, 0.4) is 0 Å². The third kappa shape index (κ3) is 4.66. The van der Waals surface area contributed by atoms with Gasteiger partial charge in [-0.1, -0.05) is 0 Å². The van der Waals surface area contributed by atoms with Crippen molar-refractivity contribution in [3.8, 4) is 11.8 Å². The molecule has 0 radical (unpaired) electrons. The molecule has 1 aromatic heterocycles. The molecule has 6 nitrogen and oxygen atoms in total. The minimum absolute atomic E-state index is 0.00141. The van der Waals surface area contributed by atoms with Crippen molar-refractivity contribution in [2.24, 2.45) is 0 Å². The molecule has 1 heterocycles. The van der Waals surface area contributed by atoms with E-state index < -0.39 is 12.2 Å². The van der Waals surface area contributed by atoms with Crippen LogP contribution < -0.4 is 15.6 Å². The third-order valence-corrected chi connectivity index (χ3v) is 3.89. The van der Waals surface area contributed by atoms with E-state index in [9.17, 15) is 18.4 Å². The first-order valence-electron chi connectivity index (χ1n) is 7.79. The van der Waals surface area contributed by atoms with Crippen LogP contribution in [0.25, 0.3) is 0 Å². The number of ether oxygens (including phenoxy) is 1. The molecule has 0 atom stereocenters. The molecule has 1 aromatic carbocycles. The van der Waals surface area contributed by atoms with Crippen LogP contribution in [0.5, 0.6) is 5.75 Å². The summed E-state index contributed by atoms with van der Waals surface area (Å²) in [4.78, 5) is 26.4. The van der Waals surface area contributed by atoms with Crippen molar-refractivity contribution in [3.63, 3.8) is 0 Å². The summed E-state index contributed by atoms with van der Waals surface area (Å²) in [6.45, 7) is 0.484. The number of halogens is 2. The van der Waals surface area contributed by atoms with Gasteiger partial charge in [-0.05, 0) is 55.7 Å². The number of carbonyl (C=O) groups excluding carboxylic acids is 1. The molecule has 2 N–H and O–H groups in total. The van der Waals surface area contributed by atoms with Gasteiger partial charge in [-0.25, -0.2) is 0 Å². The number of aromatic nitrogens is 1. The highest BCUT2D eigenvalue weighted by atomic mass is 19.3. The minimum Gasteiger partial charge on any atom is -0.435 e. The Kier molecular flexibility index (Phi) is 6.07. The van der Waals surface area contributed by atoms with Gasteiger partial charge in [0.25, 0.3) is 5.56 Å². The largest absolute Gasteiger partial charge is 0.435 e. The lowest BCUT2D eigenvalue weighted by Crippen LogP contribution is -2.18. The van der Waals surface area contributed by atoms with Gasteiger partial charge in [0.2, 0.25) is 5.91 Å². The maximum Gasteiger partial charge on any atom is 0.387 e. The third-order valence-electron chi connectivity index (χ3n) is 3.89. The molecule has 0 aliphatic heterocycles. The van der Waals surface area contributed by atoms with Crippen molar-refractivity contribution < 1.29 is 18.3 Å². The van der Waals surface area contributed by atoms with Crippen molar-refractivity contribution in [1.82, 2.24) is 4.98 Å². The highest BCUT2D eigenvalue weighted by Crippen LogP contribution is 2.19. The smallest absolute Gasteiger partial charge is 0.387 e. The van der Waals surface area contributed by atoms with E-state index in [1.54, 1.807) is 13.8 Å². The second kappa shape index (κ2) is 8.25. The number of hydrogen-bond acceptors (Lipinski definition) is 4. The van der Waals surface area contributed by atoms with Crippen molar-refractivity contribution in [3.05, 3.63) is 57.0 Å². The van der Waals surface area contributed by atoms with Crippen LogP contribution in [0, 0.1) is 25.2 Å². The van der Waals surface area contributed by atoms with Crippen LogP contribution in [0.15, 0.2) is 29.1 Å². The predicted octanol–water partition coefficient (Wildman–Crippen LogP) is 3.04. The maximum atomic E-state index is 12.1. The summed E-state index contributed by atoms with van der Waals surface area (Å²) in [5.74, 6) is -0.280. The quantitative estimate of drug-likeness (QED) is 0.827. The fourth-order valence-electron chi connectivity index (χ4n) is 2.60. The van der Waals surface area contributed by atoms with E-state index in [1.165, 1.54) is 24.3 Å². The zero-order valence-electron chi connectivity index (χ0n) is 14.2. The van der Waals surface area contributed by atoms with Gasteiger partial charge in [0.05, 0.1) is 0 Å². The number of aryl methyl sites for hydroxylation is 1. The summed E-state index contributed by atoms with van der Waals surface area (Å²) in [7, 11) is 0. The Morgan fingerprint density at radius 3 is 2.54 bits per heavy atom. The Morgan fingerprint density at radius 2 is 1.96 bits per heavy atom. The maximum absolute atomic E-state index is 12.1. The number of rotatable bonds is 6. The molecule has 2 aromatic rings. The SMILES string of the molecule is Cc1[nH]c(=O)c(C#N)c(C)c1CCC(=O)Nc1ccc(OC(F)F)cc1. The zero-order valence-corrected chi connectivity index (χ0v) is 14.2. The van der Waals surface area contributed by atoms with Crippen LogP contribution in [0.2, 0.25) is 0 Å². The summed E-state index contributed by atoms with van der Waals surface area (Å²) in [5, 5.41) is 11.7. The number of anilines is 1. The fourth-order valence-corrected chi connectivity index (χ4v) is 2.60. The topological polar surface area (TPSA) is 95.0 Å². The van der Waals surface area contributed by atoms with Gasteiger partial charge in [-0.3, -0.25) is 9.59 Å². The van der Waals surface area contributed by atoms with E-state index in [4.69, 9.17) is 5.26 Å². The molecule has 0 fully saturated rings. The Labute approximate surface area is 148 Å². The number of amides is 1. The summed E-state index contributed by atoms with van der Waals surface area (Å²) in [6, 6.07) is 7.45. The van der Waals surface area contributed by atoms with Crippen LogP contribution in [0.1, 0.15) is 28.8 Å². The van der Waals surface area contributed by atoms with E-state index in [0.29, 0.717) is 23.4 Å². The normalized spacial score (nSPS) is 10.5. The lowest BCUT2D eigenvalue weighted by atomic mass is 9.99. The first kappa shape index (κ1) is 19.1. The highest BCUT2D eigenvalue weighted by Gasteiger charge is 2.13. The monoisotopic (exact) mass is 361 g/mol. The highest BCUT2D eigenvalue weighted by molar-refractivity contribution is 5.90. The van der Waals surface area contributed by atoms with Gasteiger partial charge in [-0.2, -0.15) is 14.0 Å². The molecule has 8 heteroatoms. The predicted molar refractivity (Wildman–Crippen MR) is 91.3 cm³/mol. The number of aromatic amines is 1. The van der Waals surface area contributed by atoms with Gasteiger partial charge in [0.15, 0.2) is 0 Å². The lowest BCUT2D eigenvalue weighted by molar-refractivity contribution is -0.116. The summed E-state index contributed by atoms with van der Waals surface area (Å²) < 4.78 is 28.4. The summed E-state index contributed by atoms with van der Waals surface area (Å²) in [5.41, 5.74) is 1.98. The number of benzene rings is 1. The van der Waals surface area contributed by atoms with E-state index in [1.807, 2.05) is 6.07 Å². The molecule has 0 aliphatic rings. The Bertz CT molecular complexity index is 900. The summed E-state index contributed by atoms with van der Waals surface area (Å²) >= 11 is 0. The van der Waals surface area contributed by atoms with Gasteiger partial charge in [-0.15, -0.1) is 0 Å². The standard InChI is InChI=1S/C18H17F2N3O3/c1-10-14(11(2)22-17(25)15(10)9-21)7-8-16(24)23-12-3-5-13(6-4-12)26-18(19)20/h3-6,18H,7-8H2,1-2H3,(H,22,25)(H,23,24). The number of hydrogen-bond donors (Lipinski definition) is 2. The molecule has 26 heavy (non-hydrogen) atoms. The van der Waals surface area contributed by atoms with E-state index in [-0.39, 0.29) is 23.6 Å². The van der Waals surface area contributed by atoms with Crippen LogP contribution in [0.4, 0.5) is 14.5 Å². The van der Waals surface area contributed by atoms with E-state index >= 15 is 0 Å².